The Balaban J connectivity index is 2.88. The summed E-state index contributed by atoms with van der Waals surface area (Å²) in [5.41, 5.74) is 0.541. The molecule has 1 rings (SSSR count). The molecule has 3 nitrogen and oxygen atoms in total. The van der Waals surface area contributed by atoms with Gasteiger partial charge in [0.1, 0.15) is 5.92 Å². The van der Waals surface area contributed by atoms with Crippen LogP contribution in [0, 0.1) is 17.2 Å². The average molecular weight is 160 g/mol. The van der Waals surface area contributed by atoms with Gasteiger partial charge in [-0.1, -0.05) is 0 Å². The zero-order valence-electron chi connectivity index (χ0n) is 6.69. The van der Waals surface area contributed by atoms with Crippen LogP contribution in [0.3, 0.4) is 0 Å². The van der Waals surface area contributed by atoms with E-state index in [-0.39, 0.29) is 5.78 Å². The lowest BCUT2D eigenvalue weighted by atomic mass is 10.0. The summed E-state index contributed by atoms with van der Waals surface area (Å²) in [6.45, 7) is 1.59. The Labute approximate surface area is 70.7 Å². The highest BCUT2D eigenvalue weighted by Gasteiger charge is 2.12. The van der Waals surface area contributed by atoms with E-state index in [1.54, 1.807) is 19.1 Å². The highest BCUT2D eigenvalue weighted by atomic mass is 16.1. The lowest BCUT2D eigenvalue weighted by Gasteiger charge is -1.99. The van der Waals surface area contributed by atoms with Crippen molar-refractivity contribution in [3.63, 3.8) is 0 Å². The summed E-state index contributed by atoms with van der Waals surface area (Å²) < 4.78 is 0. The quantitative estimate of drug-likeness (QED) is 0.615. The zero-order chi connectivity index (χ0) is 8.97. The SMILES string of the molecule is CC(C#N)C(=O)c1ccncc1. The molecule has 0 aliphatic heterocycles. The Morgan fingerprint density at radius 1 is 1.58 bits per heavy atom. The van der Waals surface area contributed by atoms with Gasteiger partial charge in [-0.3, -0.25) is 9.78 Å². The molecule has 0 saturated heterocycles. The van der Waals surface area contributed by atoms with Gasteiger partial charge in [0.25, 0.3) is 0 Å². The average Bonchev–Trinajstić information content (AvgIpc) is 2.17. The number of hydrogen-bond acceptors (Lipinski definition) is 3. The number of hydrogen-bond donors (Lipinski definition) is 0. The molecule has 0 radical (unpaired) electrons. The summed E-state index contributed by atoms with van der Waals surface area (Å²) in [6.07, 6.45) is 3.08. The molecule has 1 heterocycles. The van der Waals surface area contributed by atoms with Crippen LogP contribution < -0.4 is 0 Å². The Bertz CT molecular complexity index is 313. The molecule has 12 heavy (non-hydrogen) atoms. The third-order valence-corrected chi connectivity index (χ3v) is 1.55. The Morgan fingerprint density at radius 2 is 2.17 bits per heavy atom. The van der Waals surface area contributed by atoms with Crippen molar-refractivity contribution < 1.29 is 4.79 Å². The van der Waals surface area contributed by atoms with Gasteiger partial charge in [-0.25, -0.2) is 0 Å². The fourth-order valence-corrected chi connectivity index (χ4v) is 0.825. The molecule has 0 N–H and O–H groups in total. The first kappa shape index (κ1) is 8.41. The monoisotopic (exact) mass is 160 g/mol. The van der Waals surface area contributed by atoms with Crippen LogP contribution in [0.2, 0.25) is 0 Å². The van der Waals surface area contributed by atoms with Crippen molar-refractivity contribution in [3.05, 3.63) is 30.1 Å². The molecule has 0 fully saturated rings. The van der Waals surface area contributed by atoms with E-state index in [1.165, 1.54) is 12.4 Å². The number of rotatable bonds is 2. The van der Waals surface area contributed by atoms with Gasteiger partial charge in [0.2, 0.25) is 0 Å². The first-order valence-corrected chi connectivity index (χ1v) is 3.59. The van der Waals surface area contributed by atoms with Crippen LogP contribution in [-0.2, 0) is 0 Å². The van der Waals surface area contributed by atoms with Gasteiger partial charge in [-0.05, 0) is 19.1 Å². The standard InChI is InChI=1S/C9H8N2O/c1-7(6-10)9(12)8-2-4-11-5-3-8/h2-5,7H,1H3. The molecule has 0 aliphatic carbocycles. The summed E-state index contributed by atoms with van der Waals surface area (Å²) in [7, 11) is 0. The van der Waals surface area contributed by atoms with Crippen molar-refractivity contribution in [3.8, 4) is 6.07 Å². The summed E-state index contributed by atoms with van der Waals surface area (Å²) in [4.78, 5) is 15.1. The maximum absolute atomic E-state index is 11.3. The lowest BCUT2D eigenvalue weighted by Crippen LogP contribution is -2.08. The number of carbonyl (C=O) groups is 1. The Kier molecular flexibility index (Phi) is 2.54. The number of aromatic nitrogens is 1. The molecule has 1 atom stereocenters. The summed E-state index contributed by atoms with van der Waals surface area (Å²) in [6, 6.07) is 5.11. The van der Waals surface area contributed by atoms with Crippen LogP contribution in [0.15, 0.2) is 24.5 Å². The van der Waals surface area contributed by atoms with E-state index >= 15 is 0 Å². The summed E-state index contributed by atoms with van der Waals surface area (Å²) in [5, 5.41) is 8.48. The van der Waals surface area contributed by atoms with E-state index in [0.29, 0.717) is 5.56 Å². The molecule has 60 valence electrons. The molecular formula is C9H8N2O. The fraction of sp³-hybridized carbons (Fsp3) is 0.222. The third-order valence-electron chi connectivity index (χ3n) is 1.55. The first-order chi connectivity index (χ1) is 5.75. The van der Waals surface area contributed by atoms with Gasteiger partial charge in [0, 0.05) is 18.0 Å². The van der Waals surface area contributed by atoms with Crippen molar-refractivity contribution in [2.24, 2.45) is 5.92 Å². The van der Waals surface area contributed by atoms with Crippen LogP contribution in [0.25, 0.3) is 0 Å². The predicted octanol–water partition coefficient (Wildman–Crippen LogP) is 1.42. The minimum atomic E-state index is -0.576. The molecule has 0 bridgehead atoms. The number of pyridine rings is 1. The van der Waals surface area contributed by atoms with E-state index in [9.17, 15) is 4.79 Å². The van der Waals surface area contributed by atoms with Crippen LogP contribution in [0.5, 0.6) is 0 Å². The number of nitriles is 1. The van der Waals surface area contributed by atoms with Gasteiger partial charge in [-0.2, -0.15) is 5.26 Å². The van der Waals surface area contributed by atoms with Crippen LogP contribution in [0.4, 0.5) is 0 Å². The first-order valence-electron chi connectivity index (χ1n) is 3.59. The zero-order valence-corrected chi connectivity index (χ0v) is 6.69. The van der Waals surface area contributed by atoms with Crippen molar-refractivity contribution in [1.82, 2.24) is 4.98 Å². The maximum Gasteiger partial charge on any atom is 0.179 e. The van der Waals surface area contributed by atoms with Crippen LogP contribution in [0.1, 0.15) is 17.3 Å². The minimum Gasteiger partial charge on any atom is -0.293 e. The molecular weight excluding hydrogens is 152 g/mol. The van der Waals surface area contributed by atoms with E-state index in [1.807, 2.05) is 6.07 Å². The number of ketones is 1. The van der Waals surface area contributed by atoms with Gasteiger partial charge >= 0.3 is 0 Å². The fourth-order valence-electron chi connectivity index (χ4n) is 0.825. The predicted molar refractivity (Wildman–Crippen MR) is 43.3 cm³/mol. The highest BCUT2D eigenvalue weighted by Crippen LogP contribution is 2.05. The van der Waals surface area contributed by atoms with E-state index in [4.69, 9.17) is 5.26 Å². The summed E-state index contributed by atoms with van der Waals surface area (Å²) in [5.74, 6) is -0.729. The van der Waals surface area contributed by atoms with Gasteiger partial charge in [0.05, 0.1) is 6.07 Å². The number of Topliss-reactive ketones (excluding diaryl/α,β-unsaturated/α-hetero) is 1. The molecule has 0 saturated carbocycles. The molecule has 0 spiro atoms. The van der Waals surface area contributed by atoms with E-state index in [2.05, 4.69) is 4.98 Å². The second kappa shape index (κ2) is 3.63. The maximum atomic E-state index is 11.3. The van der Waals surface area contributed by atoms with Gasteiger partial charge in [0.15, 0.2) is 5.78 Å². The molecule has 0 aromatic carbocycles. The Hall–Kier alpha value is -1.69. The molecule has 1 aromatic rings. The molecule has 0 amide bonds. The van der Waals surface area contributed by atoms with Crippen molar-refractivity contribution >= 4 is 5.78 Å². The third kappa shape index (κ3) is 1.67. The van der Waals surface area contributed by atoms with E-state index < -0.39 is 5.92 Å². The van der Waals surface area contributed by atoms with Gasteiger partial charge < -0.3 is 0 Å². The second-order valence-electron chi connectivity index (χ2n) is 2.45. The molecule has 1 unspecified atom stereocenters. The normalized spacial score (nSPS) is 11.7. The second-order valence-corrected chi connectivity index (χ2v) is 2.45. The topological polar surface area (TPSA) is 53.8 Å². The molecule has 0 aliphatic rings. The van der Waals surface area contributed by atoms with Crippen molar-refractivity contribution in [1.29, 1.82) is 5.26 Å². The summed E-state index contributed by atoms with van der Waals surface area (Å²) >= 11 is 0. The van der Waals surface area contributed by atoms with Crippen molar-refractivity contribution in [2.75, 3.05) is 0 Å². The highest BCUT2D eigenvalue weighted by molar-refractivity contribution is 5.98. The number of nitrogens with zero attached hydrogens (tertiary/aromatic N) is 2. The lowest BCUT2D eigenvalue weighted by molar-refractivity contribution is 0.0956. The van der Waals surface area contributed by atoms with E-state index in [0.717, 1.165) is 0 Å². The molecule has 1 aromatic heterocycles. The largest absolute Gasteiger partial charge is 0.293 e. The van der Waals surface area contributed by atoms with Crippen molar-refractivity contribution in [2.45, 2.75) is 6.92 Å². The Morgan fingerprint density at radius 3 is 2.67 bits per heavy atom. The number of carbonyl (C=O) groups excluding carboxylic acids is 1. The van der Waals surface area contributed by atoms with Gasteiger partial charge in [-0.15, -0.1) is 0 Å². The smallest absolute Gasteiger partial charge is 0.179 e. The van der Waals surface area contributed by atoms with Crippen LogP contribution in [-0.4, -0.2) is 10.8 Å². The minimum absolute atomic E-state index is 0.153. The van der Waals surface area contributed by atoms with Crippen LogP contribution >= 0.6 is 0 Å². The molecule has 3 heteroatoms.